The predicted octanol–water partition coefficient (Wildman–Crippen LogP) is 9.19. The second-order valence-electron chi connectivity index (χ2n) is 12.4. The Morgan fingerprint density at radius 3 is 1.35 bits per heavy atom. The van der Waals surface area contributed by atoms with Crippen LogP contribution in [0.2, 0.25) is 0 Å². The summed E-state index contributed by atoms with van der Waals surface area (Å²) in [5.41, 5.74) is 0. The van der Waals surface area contributed by atoms with Crippen molar-refractivity contribution in [3.8, 4) is 0 Å². The molecule has 0 bridgehead atoms. The lowest BCUT2D eigenvalue weighted by Gasteiger charge is -2.39. The maximum Gasteiger partial charge on any atom is 0.0575 e. The van der Waals surface area contributed by atoms with Gasteiger partial charge in [0.15, 0.2) is 0 Å². The number of ether oxygens (including phenoxy) is 1. The van der Waals surface area contributed by atoms with E-state index in [1.54, 1.807) is 0 Å². The van der Waals surface area contributed by atoms with Crippen molar-refractivity contribution in [2.24, 2.45) is 41.4 Å². The zero-order chi connectivity index (χ0) is 21.5. The summed E-state index contributed by atoms with van der Waals surface area (Å²) in [6, 6.07) is 0. The molecule has 0 atom stereocenters. The van der Waals surface area contributed by atoms with Gasteiger partial charge in [0.2, 0.25) is 0 Å². The Kier molecular flexibility index (Phi) is 9.66. The molecular weight excluding hydrogens is 376 g/mol. The summed E-state index contributed by atoms with van der Waals surface area (Å²) in [5.74, 6) is 7.18. The van der Waals surface area contributed by atoms with Crippen LogP contribution < -0.4 is 0 Å². The van der Waals surface area contributed by atoms with Gasteiger partial charge in [0.05, 0.1) is 6.10 Å². The third-order valence-electron chi connectivity index (χ3n) is 10.6. The first-order valence-corrected chi connectivity index (χ1v) is 14.9. The zero-order valence-electron chi connectivity index (χ0n) is 21.2. The Labute approximate surface area is 194 Å². The Hall–Kier alpha value is -0.0400. The molecular formula is C30H54O. The molecule has 31 heavy (non-hydrogen) atoms. The van der Waals surface area contributed by atoms with E-state index >= 15 is 0 Å². The Balaban J connectivity index is 1.07. The van der Waals surface area contributed by atoms with Gasteiger partial charge in [0, 0.05) is 6.61 Å². The summed E-state index contributed by atoms with van der Waals surface area (Å²) in [5, 5.41) is 0. The average Bonchev–Trinajstić information content (AvgIpc) is 2.84. The van der Waals surface area contributed by atoms with Crippen LogP contribution in [0.1, 0.15) is 136 Å². The van der Waals surface area contributed by atoms with Crippen molar-refractivity contribution < 1.29 is 4.74 Å². The first-order chi connectivity index (χ1) is 15.2. The van der Waals surface area contributed by atoms with Crippen LogP contribution in [0.5, 0.6) is 0 Å². The van der Waals surface area contributed by atoms with Crippen molar-refractivity contribution in [1.82, 2.24) is 0 Å². The molecule has 4 aliphatic rings. The first-order valence-electron chi connectivity index (χ1n) is 14.9. The normalized spacial score (nSPS) is 42.4. The van der Waals surface area contributed by atoms with Gasteiger partial charge in [-0.05, 0) is 118 Å². The minimum atomic E-state index is 0.592. The van der Waals surface area contributed by atoms with Gasteiger partial charge in [-0.25, -0.2) is 0 Å². The van der Waals surface area contributed by atoms with E-state index in [-0.39, 0.29) is 0 Å². The van der Waals surface area contributed by atoms with E-state index < -0.39 is 0 Å². The Morgan fingerprint density at radius 2 is 0.903 bits per heavy atom. The smallest absolute Gasteiger partial charge is 0.0575 e. The molecule has 0 N–H and O–H groups in total. The van der Waals surface area contributed by atoms with Crippen LogP contribution in [-0.2, 0) is 4.74 Å². The van der Waals surface area contributed by atoms with Crippen molar-refractivity contribution in [2.75, 3.05) is 6.61 Å². The average molecular weight is 431 g/mol. The molecule has 0 amide bonds. The maximum atomic E-state index is 6.52. The van der Waals surface area contributed by atoms with Crippen molar-refractivity contribution in [1.29, 1.82) is 0 Å². The molecule has 4 saturated carbocycles. The second kappa shape index (κ2) is 12.4. The SMILES string of the molecule is CCCC1CCC(C2CCC(OCC3CCC(C4CCC(CC)CC4)CC3)CC2)CC1. The number of hydrogen-bond acceptors (Lipinski definition) is 1. The maximum absolute atomic E-state index is 6.52. The molecule has 0 spiro atoms. The molecule has 0 saturated heterocycles. The standard InChI is InChI=1S/C30H54O/c1-3-5-24-8-14-27(15-9-24)29-18-20-30(21-19-29)31-22-25-10-16-28(17-11-25)26-12-6-23(4-2)7-13-26/h23-30H,3-22H2,1-2H3. The van der Waals surface area contributed by atoms with E-state index in [0.29, 0.717) is 6.10 Å². The van der Waals surface area contributed by atoms with E-state index in [1.807, 2.05) is 0 Å². The minimum absolute atomic E-state index is 0.592. The molecule has 0 radical (unpaired) electrons. The highest BCUT2D eigenvalue weighted by Crippen LogP contribution is 2.43. The fourth-order valence-corrected chi connectivity index (χ4v) is 8.25. The van der Waals surface area contributed by atoms with Crippen molar-refractivity contribution in [3.63, 3.8) is 0 Å². The molecule has 1 nitrogen and oxygen atoms in total. The van der Waals surface area contributed by atoms with Crippen LogP contribution in [0.15, 0.2) is 0 Å². The van der Waals surface area contributed by atoms with Crippen molar-refractivity contribution in [3.05, 3.63) is 0 Å². The van der Waals surface area contributed by atoms with Gasteiger partial charge in [-0.3, -0.25) is 0 Å². The third-order valence-corrected chi connectivity index (χ3v) is 10.6. The lowest BCUT2D eigenvalue weighted by Crippen LogP contribution is -2.31. The minimum Gasteiger partial charge on any atom is -0.378 e. The van der Waals surface area contributed by atoms with Crippen LogP contribution in [0.25, 0.3) is 0 Å². The highest BCUT2D eigenvalue weighted by Gasteiger charge is 2.33. The summed E-state index contributed by atoms with van der Waals surface area (Å²) >= 11 is 0. The third kappa shape index (κ3) is 6.97. The predicted molar refractivity (Wildman–Crippen MR) is 133 cm³/mol. The summed E-state index contributed by atoms with van der Waals surface area (Å²) in [7, 11) is 0. The van der Waals surface area contributed by atoms with Crippen LogP contribution in [0, 0.1) is 41.4 Å². The molecule has 0 unspecified atom stereocenters. The molecule has 0 aliphatic heterocycles. The summed E-state index contributed by atoms with van der Waals surface area (Å²) in [4.78, 5) is 0. The van der Waals surface area contributed by atoms with Crippen molar-refractivity contribution >= 4 is 0 Å². The summed E-state index contributed by atoms with van der Waals surface area (Å²) in [6.45, 7) is 5.82. The first kappa shape index (κ1) is 24.1. The lowest BCUT2D eigenvalue weighted by atomic mass is 9.69. The van der Waals surface area contributed by atoms with E-state index in [4.69, 9.17) is 4.74 Å². The monoisotopic (exact) mass is 430 g/mol. The summed E-state index contributed by atoms with van der Waals surface area (Å²) in [6.07, 6.45) is 28.6. The highest BCUT2D eigenvalue weighted by atomic mass is 16.5. The van der Waals surface area contributed by atoms with Gasteiger partial charge in [-0.2, -0.15) is 0 Å². The van der Waals surface area contributed by atoms with Crippen LogP contribution >= 0.6 is 0 Å². The van der Waals surface area contributed by atoms with E-state index in [9.17, 15) is 0 Å². The van der Waals surface area contributed by atoms with E-state index in [0.717, 1.165) is 48.0 Å². The highest BCUT2D eigenvalue weighted by molar-refractivity contribution is 4.84. The molecule has 4 fully saturated rings. The van der Waals surface area contributed by atoms with Crippen LogP contribution in [-0.4, -0.2) is 12.7 Å². The lowest BCUT2D eigenvalue weighted by molar-refractivity contribution is -0.0193. The number of rotatable bonds is 8. The molecule has 0 aromatic rings. The molecule has 0 heterocycles. The summed E-state index contributed by atoms with van der Waals surface area (Å²) < 4.78 is 6.52. The molecule has 4 aliphatic carbocycles. The van der Waals surface area contributed by atoms with Gasteiger partial charge in [0.1, 0.15) is 0 Å². The van der Waals surface area contributed by atoms with Gasteiger partial charge in [-0.15, -0.1) is 0 Å². The second-order valence-corrected chi connectivity index (χ2v) is 12.4. The van der Waals surface area contributed by atoms with Gasteiger partial charge in [0.25, 0.3) is 0 Å². The Bertz CT molecular complexity index is 469. The molecule has 0 aromatic heterocycles. The zero-order valence-corrected chi connectivity index (χ0v) is 21.2. The van der Waals surface area contributed by atoms with Crippen molar-refractivity contribution in [2.45, 2.75) is 142 Å². The van der Waals surface area contributed by atoms with E-state index in [1.165, 1.54) is 122 Å². The molecule has 1 heteroatoms. The van der Waals surface area contributed by atoms with E-state index in [2.05, 4.69) is 13.8 Å². The van der Waals surface area contributed by atoms with Crippen LogP contribution in [0.3, 0.4) is 0 Å². The number of hydrogen-bond donors (Lipinski definition) is 0. The molecule has 0 aromatic carbocycles. The van der Waals surface area contributed by atoms with Gasteiger partial charge < -0.3 is 4.74 Å². The quantitative estimate of drug-likeness (QED) is 0.373. The molecule has 180 valence electrons. The largest absolute Gasteiger partial charge is 0.378 e. The molecule has 4 rings (SSSR count). The van der Waals surface area contributed by atoms with Gasteiger partial charge >= 0.3 is 0 Å². The fourth-order valence-electron chi connectivity index (χ4n) is 8.25. The fraction of sp³-hybridized carbons (Fsp3) is 1.00. The Morgan fingerprint density at radius 1 is 0.484 bits per heavy atom. The van der Waals surface area contributed by atoms with Gasteiger partial charge in [-0.1, -0.05) is 58.8 Å². The topological polar surface area (TPSA) is 9.23 Å². The van der Waals surface area contributed by atoms with Crippen LogP contribution in [0.4, 0.5) is 0 Å².